The van der Waals surface area contributed by atoms with E-state index in [1.165, 1.54) is 6.07 Å². The van der Waals surface area contributed by atoms with Gasteiger partial charge in [0.05, 0.1) is 11.9 Å². The van der Waals surface area contributed by atoms with Gasteiger partial charge in [0.1, 0.15) is 11.5 Å². The van der Waals surface area contributed by atoms with E-state index in [1.807, 2.05) is 6.92 Å². The molecule has 0 atom stereocenters. The molecule has 2 N–H and O–H groups in total. The normalized spacial score (nSPS) is 11.8. The van der Waals surface area contributed by atoms with Crippen LogP contribution in [0, 0.1) is 0 Å². The van der Waals surface area contributed by atoms with Gasteiger partial charge in [0.25, 0.3) is 0 Å². The summed E-state index contributed by atoms with van der Waals surface area (Å²) in [6, 6.07) is 5.03. The van der Waals surface area contributed by atoms with Crippen LogP contribution >= 0.6 is 0 Å². The summed E-state index contributed by atoms with van der Waals surface area (Å²) in [5, 5.41) is 0. The Kier molecular flexibility index (Phi) is 3.50. The number of nitrogens with zero attached hydrogens (tertiary/aromatic N) is 2. The standard InChI is InChI=1S/C13H14F3N3/c1-2-6-19-8-18-11(12(19)17)9-4-3-5-10(7-9)13(14,15)16/h3-5,7-8H,2,6,17H2,1H3. The molecule has 0 aliphatic rings. The summed E-state index contributed by atoms with van der Waals surface area (Å²) in [5.74, 6) is 0.390. The van der Waals surface area contributed by atoms with Gasteiger partial charge in [-0.15, -0.1) is 0 Å². The van der Waals surface area contributed by atoms with Crippen molar-refractivity contribution in [1.29, 1.82) is 0 Å². The van der Waals surface area contributed by atoms with E-state index in [2.05, 4.69) is 4.98 Å². The zero-order valence-corrected chi connectivity index (χ0v) is 10.4. The minimum atomic E-state index is -4.36. The van der Waals surface area contributed by atoms with Crippen LogP contribution in [0.5, 0.6) is 0 Å². The quantitative estimate of drug-likeness (QED) is 0.925. The van der Waals surface area contributed by atoms with Crippen LogP contribution in [0.2, 0.25) is 0 Å². The molecular formula is C13H14F3N3. The number of hydrogen-bond donors (Lipinski definition) is 1. The number of hydrogen-bond acceptors (Lipinski definition) is 2. The van der Waals surface area contributed by atoms with Crippen molar-refractivity contribution in [3.8, 4) is 11.3 Å². The second kappa shape index (κ2) is 4.95. The third kappa shape index (κ3) is 2.72. The average molecular weight is 269 g/mol. The molecule has 2 rings (SSSR count). The number of halogens is 3. The van der Waals surface area contributed by atoms with E-state index in [1.54, 1.807) is 17.0 Å². The van der Waals surface area contributed by atoms with Crippen LogP contribution in [0.25, 0.3) is 11.3 Å². The van der Waals surface area contributed by atoms with Gasteiger partial charge in [-0.2, -0.15) is 13.2 Å². The predicted molar refractivity (Wildman–Crippen MR) is 67.4 cm³/mol. The third-order valence-corrected chi connectivity index (χ3v) is 2.81. The zero-order valence-electron chi connectivity index (χ0n) is 10.4. The molecule has 1 heterocycles. The zero-order chi connectivity index (χ0) is 14.0. The Morgan fingerprint density at radius 1 is 1.32 bits per heavy atom. The lowest BCUT2D eigenvalue weighted by atomic mass is 10.1. The van der Waals surface area contributed by atoms with Gasteiger partial charge in [0.15, 0.2) is 0 Å². The largest absolute Gasteiger partial charge is 0.416 e. The Labute approximate surface area is 108 Å². The molecule has 0 aliphatic carbocycles. The summed E-state index contributed by atoms with van der Waals surface area (Å²) in [7, 11) is 0. The van der Waals surface area contributed by atoms with Crippen molar-refractivity contribution in [3.05, 3.63) is 36.2 Å². The summed E-state index contributed by atoms with van der Waals surface area (Å²) >= 11 is 0. The first-order valence-corrected chi connectivity index (χ1v) is 5.91. The van der Waals surface area contributed by atoms with Gasteiger partial charge in [-0.1, -0.05) is 19.1 Å². The monoisotopic (exact) mass is 269 g/mol. The van der Waals surface area contributed by atoms with Crippen LogP contribution in [-0.4, -0.2) is 9.55 Å². The first kappa shape index (κ1) is 13.5. The van der Waals surface area contributed by atoms with Crippen molar-refractivity contribution >= 4 is 5.82 Å². The van der Waals surface area contributed by atoms with Crippen molar-refractivity contribution in [2.45, 2.75) is 26.1 Å². The number of nitrogen functional groups attached to an aromatic ring is 1. The molecule has 0 saturated carbocycles. The third-order valence-electron chi connectivity index (χ3n) is 2.81. The Hall–Kier alpha value is -1.98. The molecule has 102 valence electrons. The summed E-state index contributed by atoms with van der Waals surface area (Å²) in [4.78, 5) is 4.10. The minimum absolute atomic E-state index is 0.377. The fourth-order valence-electron chi connectivity index (χ4n) is 1.88. The highest BCUT2D eigenvalue weighted by Gasteiger charge is 2.30. The van der Waals surface area contributed by atoms with Crippen molar-refractivity contribution in [3.63, 3.8) is 0 Å². The molecule has 0 aliphatic heterocycles. The lowest BCUT2D eigenvalue weighted by Gasteiger charge is -2.08. The van der Waals surface area contributed by atoms with Crippen LogP contribution < -0.4 is 5.73 Å². The van der Waals surface area contributed by atoms with Gasteiger partial charge in [0, 0.05) is 12.1 Å². The molecule has 19 heavy (non-hydrogen) atoms. The number of benzene rings is 1. The highest BCUT2D eigenvalue weighted by atomic mass is 19.4. The van der Waals surface area contributed by atoms with E-state index in [-0.39, 0.29) is 0 Å². The van der Waals surface area contributed by atoms with E-state index < -0.39 is 11.7 Å². The summed E-state index contributed by atoms with van der Waals surface area (Å²) in [6.07, 6.45) is -1.94. The van der Waals surface area contributed by atoms with Gasteiger partial charge in [-0.05, 0) is 18.6 Å². The highest BCUT2D eigenvalue weighted by Crippen LogP contribution is 2.33. The number of nitrogens with two attached hydrogens (primary N) is 1. The second-order valence-electron chi connectivity index (χ2n) is 4.25. The number of rotatable bonds is 3. The molecule has 1 aromatic heterocycles. The van der Waals surface area contributed by atoms with Crippen LogP contribution in [0.3, 0.4) is 0 Å². The van der Waals surface area contributed by atoms with Gasteiger partial charge in [-0.3, -0.25) is 0 Å². The molecular weight excluding hydrogens is 255 g/mol. The Morgan fingerprint density at radius 2 is 2.05 bits per heavy atom. The molecule has 0 saturated heterocycles. The van der Waals surface area contributed by atoms with E-state index in [0.717, 1.165) is 18.6 Å². The Bertz CT molecular complexity index is 573. The number of alkyl halides is 3. The maximum absolute atomic E-state index is 12.7. The topological polar surface area (TPSA) is 43.8 Å². The van der Waals surface area contributed by atoms with E-state index in [0.29, 0.717) is 23.6 Å². The van der Waals surface area contributed by atoms with Crippen LogP contribution in [0.1, 0.15) is 18.9 Å². The van der Waals surface area contributed by atoms with Crippen LogP contribution in [0.15, 0.2) is 30.6 Å². The molecule has 2 aromatic rings. The first-order valence-electron chi connectivity index (χ1n) is 5.91. The second-order valence-corrected chi connectivity index (χ2v) is 4.25. The molecule has 6 heteroatoms. The van der Waals surface area contributed by atoms with E-state index in [4.69, 9.17) is 5.73 Å². The number of imidazole rings is 1. The van der Waals surface area contributed by atoms with Gasteiger partial charge in [-0.25, -0.2) is 4.98 Å². The van der Waals surface area contributed by atoms with Crippen LogP contribution in [-0.2, 0) is 12.7 Å². The van der Waals surface area contributed by atoms with Gasteiger partial charge >= 0.3 is 6.18 Å². The number of anilines is 1. The fourth-order valence-corrected chi connectivity index (χ4v) is 1.88. The fraction of sp³-hybridized carbons (Fsp3) is 0.308. The Morgan fingerprint density at radius 3 is 2.68 bits per heavy atom. The maximum Gasteiger partial charge on any atom is 0.416 e. The molecule has 0 fully saturated rings. The predicted octanol–water partition coefficient (Wildman–Crippen LogP) is 3.56. The van der Waals surface area contributed by atoms with E-state index in [9.17, 15) is 13.2 Å². The minimum Gasteiger partial charge on any atom is -0.383 e. The maximum atomic E-state index is 12.7. The Balaban J connectivity index is 2.42. The first-order chi connectivity index (χ1) is 8.93. The van der Waals surface area contributed by atoms with Crippen LogP contribution in [0.4, 0.5) is 19.0 Å². The smallest absolute Gasteiger partial charge is 0.383 e. The lowest BCUT2D eigenvalue weighted by Crippen LogP contribution is -2.05. The molecule has 0 bridgehead atoms. The summed E-state index contributed by atoms with van der Waals surface area (Å²) in [6.45, 7) is 2.68. The van der Waals surface area contributed by atoms with Gasteiger partial charge in [0.2, 0.25) is 0 Å². The lowest BCUT2D eigenvalue weighted by molar-refractivity contribution is -0.137. The van der Waals surface area contributed by atoms with E-state index >= 15 is 0 Å². The molecule has 0 spiro atoms. The number of aromatic nitrogens is 2. The molecule has 0 radical (unpaired) electrons. The summed E-state index contributed by atoms with van der Waals surface area (Å²) < 4.78 is 39.7. The molecule has 0 unspecified atom stereocenters. The van der Waals surface area contributed by atoms with Crippen molar-refractivity contribution < 1.29 is 13.2 Å². The average Bonchev–Trinajstić information content (AvgIpc) is 2.71. The highest BCUT2D eigenvalue weighted by molar-refractivity contribution is 5.71. The summed E-state index contributed by atoms with van der Waals surface area (Å²) in [5.41, 5.74) is 5.97. The SMILES string of the molecule is CCCn1cnc(-c2cccc(C(F)(F)F)c2)c1N. The molecule has 1 aromatic carbocycles. The van der Waals surface area contributed by atoms with Crippen molar-refractivity contribution in [2.24, 2.45) is 0 Å². The van der Waals surface area contributed by atoms with Gasteiger partial charge < -0.3 is 10.3 Å². The molecule has 0 amide bonds. The number of aryl methyl sites for hydroxylation is 1. The van der Waals surface area contributed by atoms with Crippen molar-refractivity contribution in [2.75, 3.05) is 5.73 Å². The molecule has 3 nitrogen and oxygen atoms in total. The van der Waals surface area contributed by atoms with Crippen molar-refractivity contribution in [1.82, 2.24) is 9.55 Å².